The number of amides is 1. The zero-order valence-electron chi connectivity index (χ0n) is 17.5. The molecule has 2 aromatic heterocycles. The molecule has 162 valence electrons. The maximum Gasteiger partial charge on any atom is 0.276 e. The van der Waals surface area contributed by atoms with Crippen LogP contribution in [0.1, 0.15) is 24.3 Å². The van der Waals surface area contributed by atoms with E-state index in [1.807, 2.05) is 6.07 Å². The smallest absolute Gasteiger partial charge is 0.276 e. The van der Waals surface area contributed by atoms with E-state index in [9.17, 15) is 9.18 Å². The topological polar surface area (TPSA) is 84.6 Å². The molecule has 0 atom stereocenters. The van der Waals surface area contributed by atoms with E-state index in [0.29, 0.717) is 44.6 Å². The highest BCUT2D eigenvalue weighted by atomic mass is 19.1. The Morgan fingerprint density at radius 1 is 1.16 bits per heavy atom. The Kier molecular flexibility index (Phi) is 6.11. The number of hydrogen-bond acceptors (Lipinski definition) is 7. The van der Waals surface area contributed by atoms with Crippen molar-refractivity contribution in [3.63, 3.8) is 0 Å². The summed E-state index contributed by atoms with van der Waals surface area (Å²) in [7, 11) is 0. The molecule has 0 N–H and O–H groups in total. The van der Waals surface area contributed by atoms with Gasteiger partial charge in [-0.25, -0.2) is 19.3 Å². The standard InChI is InChI=1S/C22H24FN5O3/c1-15(2)12-30-19-11-18(24-13-25-19)27-7-9-28(10-8-27)22(29)20-21(31-14-26-20)16-5-3-4-6-17(16)23/h3-6,11,13-15H,7-10,12H2,1-2H3. The molecule has 1 fully saturated rings. The first-order chi connectivity index (χ1) is 15.0. The molecule has 0 radical (unpaired) electrons. The third-order valence-electron chi connectivity index (χ3n) is 4.97. The molecule has 3 heterocycles. The molecule has 0 saturated carbocycles. The van der Waals surface area contributed by atoms with E-state index >= 15 is 0 Å². The summed E-state index contributed by atoms with van der Waals surface area (Å²) in [4.78, 5) is 29.3. The normalized spacial score (nSPS) is 14.2. The molecule has 1 saturated heterocycles. The molecule has 3 aromatic rings. The predicted octanol–water partition coefficient (Wildman–Crippen LogP) is 3.27. The molecule has 0 bridgehead atoms. The summed E-state index contributed by atoms with van der Waals surface area (Å²) in [5.74, 6) is 1.10. The maximum absolute atomic E-state index is 14.2. The Balaban J connectivity index is 1.42. The summed E-state index contributed by atoms with van der Waals surface area (Å²) < 4.78 is 25.2. The average Bonchev–Trinajstić information content (AvgIpc) is 3.27. The zero-order valence-corrected chi connectivity index (χ0v) is 17.5. The maximum atomic E-state index is 14.2. The van der Waals surface area contributed by atoms with Crippen LogP contribution in [0.25, 0.3) is 11.3 Å². The molecular formula is C22H24FN5O3. The number of anilines is 1. The third kappa shape index (κ3) is 4.65. The Morgan fingerprint density at radius 2 is 1.94 bits per heavy atom. The summed E-state index contributed by atoms with van der Waals surface area (Å²) in [6.07, 6.45) is 2.66. The number of piperazine rings is 1. The molecule has 1 amide bonds. The lowest BCUT2D eigenvalue weighted by Crippen LogP contribution is -2.49. The van der Waals surface area contributed by atoms with Crippen LogP contribution in [0.3, 0.4) is 0 Å². The van der Waals surface area contributed by atoms with Crippen LogP contribution in [0.2, 0.25) is 0 Å². The predicted molar refractivity (Wildman–Crippen MR) is 112 cm³/mol. The SMILES string of the molecule is CC(C)COc1cc(N2CCN(C(=O)c3ncoc3-c3ccccc3F)CC2)ncn1. The Bertz CT molecular complexity index is 1050. The number of benzene rings is 1. The van der Waals surface area contributed by atoms with Crippen LogP contribution in [0.5, 0.6) is 5.88 Å². The number of oxazole rings is 1. The number of halogens is 1. The van der Waals surface area contributed by atoms with E-state index in [1.54, 1.807) is 23.1 Å². The van der Waals surface area contributed by atoms with Gasteiger partial charge in [-0.15, -0.1) is 0 Å². The second kappa shape index (κ2) is 9.11. The number of ether oxygens (including phenoxy) is 1. The first-order valence-electron chi connectivity index (χ1n) is 10.2. The summed E-state index contributed by atoms with van der Waals surface area (Å²) >= 11 is 0. The van der Waals surface area contributed by atoms with Crippen molar-refractivity contribution in [3.05, 3.63) is 54.6 Å². The van der Waals surface area contributed by atoms with Crippen molar-refractivity contribution < 1.29 is 18.3 Å². The van der Waals surface area contributed by atoms with Gasteiger partial charge in [-0.05, 0) is 18.1 Å². The minimum Gasteiger partial charge on any atom is -0.477 e. The van der Waals surface area contributed by atoms with Gasteiger partial charge < -0.3 is 19.0 Å². The van der Waals surface area contributed by atoms with Gasteiger partial charge in [0, 0.05) is 32.2 Å². The van der Waals surface area contributed by atoms with Crippen LogP contribution in [-0.2, 0) is 0 Å². The van der Waals surface area contributed by atoms with Gasteiger partial charge in [-0.3, -0.25) is 4.79 Å². The second-order valence-corrected chi connectivity index (χ2v) is 7.71. The van der Waals surface area contributed by atoms with E-state index in [-0.39, 0.29) is 22.9 Å². The van der Waals surface area contributed by atoms with Crippen molar-refractivity contribution in [2.24, 2.45) is 5.92 Å². The van der Waals surface area contributed by atoms with Crippen molar-refractivity contribution >= 4 is 11.7 Å². The number of nitrogens with zero attached hydrogens (tertiary/aromatic N) is 5. The highest BCUT2D eigenvalue weighted by molar-refractivity contribution is 5.97. The largest absolute Gasteiger partial charge is 0.477 e. The molecule has 1 aliphatic rings. The van der Waals surface area contributed by atoms with E-state index in [0.717, 1.165) is 5.82 Å². The monoisotopic (exact) mass is 425 g/mol. The number of hydrogen-bond donors (Lipinski definition) is 0. The van der Waals surface area contributed by atoms with Crippen LogP contribution in [0.15, 0.2) is 47.5 Å². The summed E-state index contributed by atoms with van der Waals surface area (Å²) in [5.41, 5.74) is 0.335. The molecule has 9 heteroatoms. The second-order valence-electron chi connectivity index (χ2n) is 7.71. The third-order valence-corrected chi connectivity index (χ3v) is 4.97. The number of carbonyl (C=O) groups excluding carboxylic acids is 1. The van der Waals surface area contributed by atoms with Crippen molar-refractivity contribution in [2.45, 2.75) is 13.8 Å². The van der Waals surface area contributed by atoms with Gasteiger partial charge in [-0.2, -0.15) is 0 Å². The van der Waals surface area contributed by atoms with Crippen molar-refractivity contribution in [3.8, 4) is 17.2 Å². The first kappa shape index (κ1) is 20.8. The minimum absolute atomic E-state index is 0.116. The Morgan fingerprint density at radius 3 is 2.68 bits per heavy atom. The van der Waals surface area contributed by atoms with Gasteiger partial charge in [0.25, 0.3) is 5.91 Å². The van der Waals surface area contributed by atoms with E-state index in [2.05, 4.69) is 33.7 Å². The van der Waals surface area contributed by atoms with Crippen LogP contribution in [-0.4, -0.2) is 58.5 Å². The highest BCUT2D eigenvalue weighted by Gasteiger charge is 2.28. The molecule has 8 nitrogen and oxygen atoms in total. The fraction of sp³-hybridized carbons (Fsp3) is 0.364. The summed E-state index contributed by atoms with van der Waals surface area (Å²) in [6, 6.07) is 7.98. The molecular weight excluding hydrogens is 401 g/mol. The summed E-state index contributed by atoms with van der Waals surface area (Å²) in [6.45, 7) is 6.89. The number of aromatic nitrogens is 3. The van der Waals surface area contributed by atoms with Gasteiger partial charge in [-0.1, -0.05) is 26.0 Å². The lowest BCUT2D eigenvalue weighted by atomic mass is 10.1. The molecule has 0 unspecified atom stereocenters. The molecule has 1 aromatic carbocycles. The fourth-order valence-electron chi connectivity index (χ4n) is 3.36. The van der Waals surface area contributed by atoms with Gasteiger partial charge >= 0.3 is 0 Å². The first-order valence-corrected chi connectivity index (χ1v) is 10.2. The Hall–Kier alpha value is -3.49. The quantitative estimate of drug-likeness (QED) is 0.599. The van der Waals surface area contributed by atoms with Crippen LogP contribution < -0.4 is 9.64 Å². The summed E-state index contributed by atoms with van der Waals surface area (Å²) in [5, 5.41) is 0. The van der Waals surface area contributed by atoms with E-state index in [4.69, 9.17) is 9.15 Å². The fourth-order valence-corrected chi connectivity index (χ4v) is 3.36. The Labute approximate surface area is 179 Å². The van der Waals surface area contributed by atoms with Crippen molar-refractivity contribution in [2.75, 3.05) is 37.7 Å². The van der Waals surface area contributed by atoms with Gasteiger partial charge in [0.2, 0.25) is 5.88 Å². The average molecular weight is 425 g/mol. The zero-order chi connectivity index (χ0) is 21.8. The van der Waals surface area contributed by atoms with E-state index < -0.39 is 5.82 Å². The van der Waals surface area contributed by atoms with Crippen LogP contribution >= 0.6 is 0 Å². The molecule has 0 aliphatic carbocycles. The van der Waals surface area contributed by atoms with E-state index in [1.165, 1.54) is 18.8 Å². The lowest BCUT2D eigenvalue weighted by molar-refractivity contribution is 0.0741. The van der Waals surface area contributed by atoms with Gasteiger partial charge in [0.05, 0.1) is 12.2 Å². The highest BCUT2D eigenvalue weighted by Crippen LogP contribution is 2.27. The van der Waals surface area contributed by atoms with Gasteiger partial charge in [0.1, 0.15) is 18.0 Å². The molecule has 4 rings (SSSR count). The number of rotatable bonds is 6. The molecule has 0 spiro atoms. The minimum atomic E-state index is -0.461. The lowest BCUT2D eigenvalue weighted by Gasteiger charge is -2.35. The van der Waals surface area contributed by atoms with Crippen molar-refractivity contribution in [1.29, 1.82) is 0 Å². The number of carbonyl (C=O) groups is 1. The van der Waals surface area contributed by atoms with Crippen LogP contribution in [0, 0.1) is 11.7 Å². The van der Waals surface area contributed by atoms with Crippen molar-refractivity contribution in [1.82, 2.24) is 19.9 Å². The molecule has 31 heavy (non-hydrogen) atoms. The van der Waals surface area contributed by atoms with Crippen LogP contribution in [0.4, 0.5) is 10.2 Å². The molecule has 1 aliphatic heterocycles. The van der Waals surface area contributed by atoms with Gasteiger partial charge in [0.15, 0.2) is 17.8 Å².